The Labute approximate surface area is 110 Å². The molecule has 1 saturated heterocycles. The Morgan fingerprint density at radius 3 is 2.94 bits per heavy atom. The molecule has 3 nitrogen and oxygen atoms in total. The Balaban J connectivity index is 2.09. The van der Waals surface area contributed by atoms with Crippen molar-refractivity contribution in [2.24, 2.45) is 0 Å². The van der Waals surface area contributed by atoms with Crippen LogP contribution in [0.2, 0.25) is 0 Å². The van der Waals surface area contributed by atoms with Gasteiger partial charge in [-0.1, -0.05) is 17.7 Å². The lowest BCUT2D eigenvalue weighted by atomic mass is 10.1. The fourth-order valence-corrected chi connectivity index (χ4v) is 2.61. The summed E-state index contributed by atoms with van der Waals surface area (Å²) in [6.45, 7) is 4.96. The van der Waals surface area contributed by atoms with Gasteiger partial charge in [-0.2, -0.15) is 0 Å². The summed E-state index contributed by atoms with van der Waals surface area (Å²) in [6.07, 6.45) is 2.80. The second-order valence-corrected chi connectivity index (χ2v) is 5.18. The first-order valence-electron chi connectivity index (χ1n) is 6.77. The van der Waals surface area contributed by atoms with Crippen molar-refractivity contribution in [2.75, 3.05) is 32.1 Å². The highest BCUT2D eigenvalue weighted by Gasteiger charge is 2.18. The van der Waals surface area contributed by atoms with Gasteiger partial charge in [0, 0.05) is 32.4 Å². The highest BCUT2D eigenvalue weighted by atomic mass is 16.5. The van der Waals surface area contributed by atoms with Gasteiger partial charge in [-0.25, -0.2) is 0 Å². The van der Waals surface area contributed by atoms with Crippen LogP contribution in [0.5, 0.6) is 0 Å². The van der Waals surface area contributed by atoms with E-state index in [-0.39, 0.29) is 0 Å². The summed E-state index contributed by atoms with van der Waals surface area (Å²) in [5.41, 5.74) is 3.98. The molecule has 2 rings (SSSR count). The minimum atomic E-state index is 0.402. The van der Waals surface area contributed by atoms with E-state index in [0.717, 1.165) is 19.7 Å². The molecule has 0 bridgehead atoms. The maximum absolute atomic E-state index is 5.71. The number of rotatable bonds is 5. The van der Waals surface area contributed by atoms with Crippen molar-refractivity contribution in [3.8, 4) is 0 Å². The normalized spacial score (nSPS) is 19.2. The van der Waals surface area contributed by atoms with Gasteiger partial charge < -0.3 is 15.0 Å². The molecule has 0 amide bonds. The Kier molecular flexibility index (Phi) is 4.61. The number of aryl methyl sites for hydroxylation is 1. The van der Waals surface area contributed by atoms with Crippen molar-refractivity contribution < 1.29 is 4.74 Å². The Hall–Kier alpha value is -1.06. The zero-order valence-electron chi connectivity index (χ0n) is 11.7. The molecule has 1 unspecified atom stereocenters. The highest BCUT2D eigenvalue weighted by molar-refractivity contribution is 5.54. The molecule has 1 aromatic rings. The molecule has 18 heavy (non-hydrogen) atoms. The molecule has 100 valence electrons. The zero-order chi connectivity index (χ0) is 13.0. The number of likely N-dealkylation sites (N-methyl/N-ethyl adjacent to an activating group) is 1. The van der Waals surface area contributed by atoms with E-state index in [0.29, 0.717) is 6.10 Å². The Morgan fingerprint density at radius 2 is 2.28 bits per heavy atom. The predicted octanol–water partition coefficient (Wildman–Crippen LogP) is 2.33. The van der Waals surface area contributed by atoms with Crippen LogP contribution in [0.1, 0.15) is 24.0 Å². The summed E-state index contributed by atoms with van der Waals surface area (Å²) in [5.74, 6) is 0. The van der Waals surface area contributed by atoms with Crippen molar-refractivity contribution in [3.63, 3.8) is 0 Å². The van der Waals surface area contributed by atoms with Gasteiger partial charge in [-0.05, 0) is 38.4 Å². The summed E-state index contributed by atoms with van der Waals surface area (Å²) in [5, 5.41) is 3.24. The fourth-order valence-electron chi connectivity index (χ4n) is 2.61. The van der Waals surface area contributed by atoms with Crippen LogP contribution >= 0.6 is 0 Å². The smallest absolute Gasteiger partial charge is 0.0750 e. The molecule has 1 aliphatic heterocycles. The van der Waals surface area contributed by atoms with Crippen LogP contribution in [0.3, 0.4) is 0 Å². The molecule has 3 heteroatoms. The van der Waals surface area contributed by atoms with E-state index in [1.807, 2.05) is 7.05 Å². The van der Waals surface area contributed by atoms with Crippen molar-refractivity contribution in [3.05, 3.63) is 29.3 Å². The number of anilines is 1. The molecular weight excluding hydrogens is 224 g/mol. The number of ether oxygens (including phenoxy) is 1. The van der Waals surface area contributed by atoms with Gasteiger partial charge in [0.1, 0.15) is 0 Å². The van der Waals surface area contributed by atoms with E-state index >= 15 is 0 Å². The van der Waals surface area contributed by atoms with E-state index in [1.54, 1.807) is 0 Å². The topological polar surface area (TPSA) is 24.5 Å². The quantitative estimate of drug-likeness (QED) is 0.865. The zero-order valence-corrected chi connectivity index (χ0v) is 11.7. The van der Waals surface area contributed by atoms with E-state index in [4.69, 9.17) is 4.74 Å². The molecule has 1 aromatic carbocycles. The summed E-state index contributed by atoms with van der Waals surface area (Å²) in [4.78, 5) is 2.32. The maximum Gasteiger partial charge on any atom is 0.0750 e. The Morgan fingerprint density at radius 1 is 1.44 bits per heavy atom. The average Bonchev–Trinajstić information content (AvgIpc) is 2.82. The van der Waals surface area contributed by atoms with Crippen molar-refractivity contribution in [1.29, 1.82) is 0 Å². The lowest BCUT2D eigenvalue weighted by Crippen LogP contribution is -2.29. The monoisotopic (exact) mass is 248 g/mol. The van der Waals surface area contributed by atoms with Crippen molar-refractivity contribution in [2.45, 2.75) is 32.4 Å². The third kappa shape index (κ3) is 3.24. The van der Waals surface area contributed by atoms with E-state index < -0.39 is 0 Å². The van der Waals surface area contributed by atoms with Gasteiger partial charge in [0.05, 0.1) is 6.10 Å². The molecule has 1 fully saturated rings. The summed E-state index contributed by atoms with van der Waals surface area (Å²) < 4.78 is 5.71. The van der Waals surface area contributed by atoms with Crippen LogP contribution in [0.4, 0.5) is 5.69 Å². The fraction of sp³-hybridized carbons (Fsp3) is 0.600. The number of hydrogen-bond donors (Lipinski definition) is 1. The second kappa shape index (κ2) is 6.21. The standard InChI is InChI=1S/C15H24N2O/c1-12-6-7-15(13(9-12)10-16-2)17(3)11-14-5-4-8-18-14/h6-7,9,14,16H,4-5,8,10-11H2,1-3H3. The van der Waals surface area contributed by atoms with Crippen LogP contribution in [-0.2, 0) is 11.3 Å². The van der Waals surface area contributed by atoms with E-state index in [2.05, 4.69) is 42.4 Å². The minimum Gasteiger partial charge on any atom is -0.376 e. The summed E-state index contributed by atoms with van der Waals surface area (Å²) >= 11 is 0. The number of hydrogen-bond acceptors (Lipinski definition) is 3. The van der Waals surface area contributed by atoms with Crippen LogP contribution < -0.4 is 10.2 Å². The number of nitrogens with zero attached hydrogens (tertiary/aromatic N) is 1. The Bertz CT molecular complexity index is 386. The van der Waals surface area contributed by atoms with Crippen LogP contribution in [0, 0.1) is 6.92 Å². The van der Waals surface area contributed by atoms with Crippen LogP contribution in [-0.4, -0.2) is 33.4 Å². The van der Waals surface area contributed by atoms with Crippen LogP contribution in [0.15, 0.2) is 18.2 Å². The molecular formula is C15H24N2O. The number of benzene rings is 1. The minimum absolute atomic E-state index is 0.402. The largest absolute Gasteiger partial charge is 0.376 e. The first kappa shape index (κ1) is 13.4. The molecule has 1 heterocycles. The predicted molar refractivity (Wildman–Crippen MR) is 76.2 cm³/mol. The van der Waals surface area contributed by atoms with Gasteiger partial charge in [0.15, 0.2) is 0 Å². The average molecular weight is 248 g/mol. The third-order valence-corrected chi connectivity index (χ3v) is 3.51. The lowest BCUT2D eigenvalue weighted by molar-refractivity contribution is 0.116. The van der Waals surface area contributed by atoms with Gasteiger partial charge in [-0.3, -0.25) is 0 Å². The first-order valence-corrected chi connectivity index (χ1v) is 6.77. The molecule has 0 aliphatic carbocycles. The molecule has 0 aromatic heterocycles. The highest BCUT2D eigenvalue weighted by Crippen LogP contribution is 2.23. The molecule has 1 N–H and O–H groups in total. The molecule has 0 saturated carbocycles. The van der Waals surface area contributed by atoms with Crippen molar-refractivity contribution in [1.82, 2.24) is 5.32 Å². The van der Waals surface area contributed by atoms with Crippen molar-refractivity contribution >= 4 is 5.69 Å². The molecule has 1 aliphatic rings. The van der Waals surface area contributed by atoms with Gasteiger partial charge in [-0.15, -0.1) is 0 Å². The first-order chi connectivity index (χ1) is 8.70. The van der Waals surface area contributed by atoms with Gasteiger partial charge in [0.2, 0.25) is 0 Å². The second-order valence-electron chi connectivity index (χ2n) is 5.18. The SMILES string of the molecule is CNCc1cc(C)ccc1N(C)CC1CCCO1. The maximum atomic E-state index is 5.71. The number of nitrogens with one attached hydrogen (secondary N) is 1. The van der Waals surface area contributed by atoms with Gasteiger partial charge >= 0.3 is 0 Å². The van der Waals surface area contributed by atoms with Crippen LogP contribution in [0.25, 0.3) is 0 Å². The van der Waals surface area contributed by atoms with E-state index in [9.17, 15) is 0 Å². The molecule has 0 radical (unpaired) electrons. The molecule has 0 spiro atoms. The lowest BCUT2D eigenvalue weighted by Gasteiger charge is -2.25. The van der Waals surface area contributed by atoms with E-state index in [1.165, 1.54) is 29.7 Å². The van der Waals surface area contributed by atoms with Gasteiger partial charge in [0.25, 0.3) is 0 Å². The summed E-state index contributed by atoms with van der Waals surface area (Å²) in [6, 6.07) is 6.66. The molecule has 1 atom stereocenters. The third-order valence-electron chi connectivity index (χ3n) is 3.51. The summed E-state index contributed by atoms with van der Waals surface area (Å²) in [7, 11) is 4.15.